The summed E-state index contributed by atoms with van der Waals surface area (Å²) in [6, 6.07) is 8.12. The Morgan fingerprint density at radius 2 is 1.95 bits per heavy atom. The van der Waals surface area contributed by atoms with Crippen molar-refractivity contribution in [3.05, 3.63) is 30.3 Å². The van der Waals surface area contributed by atoms with Gasteiger partial charge in [0.15, 0.2) is 9.84 Å². The number of benzene rings is 1. The summed E-state index contributed by atoms with van der Waals surface area (Å²) < 4.78 is 24.1. The maximum Gasteiger partial charge on any atom is 0.221 e. The zero-order valence-electron chi connectivity index (χ0n) is 11.9. The monoisotopic (exact) mass is 311 g/mol. The number of hydrogen-bond acceptors (Lipinski definition) is 4. The molecule has 116 valence electrons. The van der Waals surface area contributed by atoms with Crippen LogP contribution in [0.4, 0.5) is 0 Å². The predicted molar refractivity (Wildman–Crippen MR) is 79.5 cm³/mol. The summed E-state index contributed by atoms with van der Waals surface area (Å²) in [5.41, 5.74) is 0. The summed E-state index contributed by atoms with van der Waals surface area (Å²) in [4.78, 5) is 12.1. The molecule has 1 amide bonds. The average Bonchev–Trinajstić information content (AvgIpc) is 2.93. The van der Waals surface area contributed by atoms with Crippen LogP contribution in [0.3, 0.4) is 0 Å². The lowest BCUT2D eigenvalue weighted by Gasteiger charge is -2.18. The van der Waals surface area contributed by atoms with Crippen LogP contribution in [0.2, 0.25) is 0 Å². The average molecular weight is 311 g/mol. The zero-order chi connectivity index (χ0) is 15.3. The molecule has 1 saturated carbocycles. The molecule has 0 radical (unpaired) electrons. The third-order valence-corrected chi connectivity index (χ3v) is 5.67. The van der Waals surface area contributed by atoms with E-state index in [-0.39, 0.29) is 41.5 Å². The van der Waals surface area contributed by atoms with Gasteiger partial charge in [-0.2, -0.15) is 0 Å². The molecule has 1 fully saturated rings. The molecule has 0 saturated heterocycles. The first kappa shape index (κ1) is 16.0. The maximum atomic E-state index is 12.1. The van der Waals surface area contributed by atoms with Gasteiger partial charge in [-0.15, -0.1) is 0 Å². The van der Waals surface area contributed by atoms with Crippen molar-refractivity contribution in [2.24, 2.45) is 5.92 Å². The van der Waals surface area contributed by atoms with Gasteiger partial charge in [-0.25, -0.2) is 8.42 Å². The second-order valence-electron chi connectivity index (χ2n) is 5.43. The fourth-order valence-corrected chi connectivity index (χ4v) is 3.96. The van der Waals surface area contributed by atoms with Gasteiger partial charge in [-0.05, 0) is 25.0 Å². The molecule has 6 heteroatoms. The normalized spacial score (nSPS) is 22.1. The van der Waals surface area contributed by atoms with Crippen molar-refractivity contribution < 1.29 is 18.3 Å². The molecule has 1 aromatic carbocycles. The largest absolute Gasteiger partial charge is 0.396 e. The maximum absolute atomic E-state index is 12.1. The number of amides is 1. The van der Waals surface area contributed by atoms with Gasteiger partial charge >= 0.3 is 0 Å². The Bertz CT molecular complexity index is 571. The van der Waals surface area contributed by atoms with Gasteiger partial charge < -0.3 is 10.4 Å². The van der Waals surface area contributed by atoms with Gasteiger partial charge in [-0.3, -0.25) is 4.79 Å². The summed E-state index contributed by atoms with van der Waals surface area (Å²) in [6.07, 6.45) is 2.69. The Labute approximate surface area is 125 Å². The van der Waals surface area contributed by atoms with Gasteiger partial charge in [0.25, 0.3) is 0 Å². The predicted octanol–water partition coefficient (Wildman–Crippen LogP) is 1.13. The fourth-order valence-electron chi connectivity index (χ4n) is 2.70. The third kappa shape index (κ3) is 4.28. The van der Waals surface area contributed by atoms with E-state index in [0.29, 0.717) is 0 Å². The quantitative estimate of drug-likeness (QED) is 0.825. The van der Waals surface area contributed by atoms with Crippen molar-refractivity contribution in [2.75, 3.05) is 12.4 Å². The lowest BCUT2D eigenvalue weighted by atomic mass is 10.1. The molecule has 0 aliphatic heterocycles. The van der Waals surface area contributed by atoms with Gasteiger partial charge in [0.1, 0.15) is 0 Å². The minimum Gasteiger partial charge on any atom is -0.396 e. The molecule has 1 aromatic rings. The Kier molecular flexibility index (Phi) is 5.36. The smallest absolute Gasteiger partial charge is 0.221 e. The van der Waals surface area contributed by atoms with E-state index in [1.165, 1.54) is 12.1 Å². The number of aliphatic hydroxyl groups is 1. The van der Waals surface area contributed by atoms with Crippen LogP contribution in [0.25, 0.3) is 0 Å². The van der Waals surface area contributed by atoms with Crippen molar-refractivity contribution in [1.82, 2.24) is 5.32 Å². The third-order valence-electron chi connectivity index (χ3n) is 3.94. The van der Waals surface area contributed by atoms with E-state index in [0.717, 1.165) is 19.3 Å². The van der Waals surface area contributed by atoms with E-state index in [2.05, 4.69) is 5.32 Å². The number of carbonyl (C=O) groups is 1. The molecular weight excluding hydrogens is 290 g/mol. The molecule has 0 aromatic heterocycles. The van der Waals surface area contributed by atoms with Crippen LogP contribution in [0.15, 0.2) is 35.2 Å². The van der Waals surface area contributed by atoms with Gasteiger partial charge in [-0.1, -0.05) is 24.6 Å². The number of rotatable bonds is 6. The molecule has 0 bridgehead atoms. The second-order valence-corrected chi connectivity index (χ2v) is 7.54. The van der Waals surface area contributed by atoms with Crippen LogP contribution in [0, 0.1) is 5.92 Å². The molecule has 2 N–H and O–H groups in total. The van der Waals surface area contributed by atoms with Crippen molar-refractivity contribution >= 4 is 15.7 Å². The number of carbonyl (C=O) groups excluding carboxylic acids is 1. The minimum atomic E-state index is -3.42. The van der Waals surface area contributed by atoms with Crippen molar-refractivity contribution in [1.29, 1.82) is 0 Å². The Balaban J connectivity index is 1.87. The summed E-state index contributed by atoms with van der Waals surface area (Å²) in [5.74, 6) is -0.362. The first-order valence-corrected chi connectivity index (χ1v) is 8.86. The van der Waals surface area contributed by atoms with Gasteiger partial charge in [0, 0.05) is 25.0 Å². The molecule has 21 heavy (non-hydrogen) atoms. The Morgan fingerprint density at radius 1 is 1.24 bits per heavy atom. The van der Waals surface area contributed by atoms with Crippen LogP contribution in [-0.4, -0.2) is 37.8 Å². The molecule has 2 unspecified atom stereocenters. The number of nitrogens with one attached hydrogen (secondary N) is 1. The van der Waals surface area contributed by atoms with Crippen LogP contribution < -0.4 is 5.32 Å². The molecule has 5 nitrogen and oxygen atoms in total. The van der Waals surface area contributed by atoms with Crippen molar-refractivity contribution in [3.8, 4) is 0 Å². The summed E-state index contributed by atoms with van der Waals surface area (Å²) in [5, 5.41) is 12.1. The standard InChI is InChI=1S/C15H21NO4S/c17-11-12-5-4-8-14(12)16-15(18)9-10-21(19,20)13-6-2-1-3-7-13/h1-3,6-7,12,14,17H,4-5,8-11H2,(H,16,18). The highest BCUT2D eigenvalue weighted by molar-refractivity contribution is 7.91. The molecule has 0 spiro atoms. The van der Waals surface area contributed by atoms with E-state index in [1.807, 2.05) is 0 Å². The minimum absolute atomic E-state index is 0.0260. The van der Waals surface area contributed by atoms with E-state index < -0.39 is 9.84 Å². The van der Waals surface area contributed by atoms with E-state index in [9.17, 15) is 18.3 Å². The summed E-state index contributed by atoms with van der Waals surface area (Å²) in [7, 11) is -3.42. The highest BCUT2D eigenvalue weighted by Crippen LogP contribution is 2.25. The first-order chi connectivity index (χ1) is 10.0. The summed E-state index contributed by atoms with van der Waals surface area (Å²) >= 11 is 0. The highest BCUT2D eigenvalue weighted by atomic mass is 32.2. The number of aliphatic hydroxyl groups excluding tert-OH is 1. The number of sulfone groups is 1. The molecule has 1 aliphatic rings. The van der Waals surface area contributed by atoms with Crippen LogP contribution in [0.1, 0.15) is 25.7 Å². The first-order valence-electron chi connectivity index (χ1n) is 7.21. The zero-order valence-corrected chi connectivity index (χ0v) is 12.7. The van der Waals surface area contributed by atoms with Crippen molar-refractivity contribution in [2.45, 2.75) is 36.6 Å². The Hall–Kier alpha value is -1.40. The van der Waals surface area contributed by atoms with Gasteiger partial charge in [0.2, 0.25) is 5.91 Å². The molecule has 2 atom stereocenters. The SMILES string of the molecule is O=C(CCS(=O)(=O)c1ccccc1)NC1CCCC1CO. The molecule has 2 rings (SSSR count). The van der Waals surface area contributed by atoms with Crippen LogP contribution in [0.5, 0.6) is 0 Å². The van der Waals surface area contributed by atoms with Gasteiger partial charge in [0.05, 0.1) is 10.6 Å². The molecule has 0 heterocycles. The van der Waals surface area contributed by atoms with E-state index in [1.54, 1.807) is 18.2 Å². The van der Waals surface area contributed by atoms with Crippen LogP contribution >= 0.6 is 0 Å². The molecular formula is C15H21NO4S. The van der Waals surface area contributed by atoms with E-state index >= 15 is 0 Å². The van der Waals surface area contributed by atoms with Crippen molar-refractivity contribution in [3.63, 3.8) is 0 Å². The molecule has 1 aliphatic carbocycles. The lowest BCUT2D eigenvalue weighted by Crippen LogP contribution is -2.39. The Morgan fingerprint density at radius 3 is 2.62 bits per heavy atom. The summed E-state index contributed by atoms with van der Waals surface area (Å²) in [6.45, 7) is 0.0628. The lowest BCUT2D eigenvalue weighted by molar-refractivity contribution is -0.121. The highest BCUT2D eigenvalue weighted by Gasteiger charge is 2.28. The van der Waals surface area contributed by atoms with Crippen LogP contribution in [-0.2, 0) is 14.6 Å². The fraction of sp³-hybridized carbons (Fsp3) is 0.533. The number of hydrogen-bond donors (Lipinski definition) is 2. The van der Waals surface area contributed by atoms with E-state index in [4.69, 9.17) is 0 Å². The topological polar surface area (TPSA) is 83.5 Å². The second kappa shape index (κ2) is 7.04.